The molecule has 1 aromatic carbocycles. The first-order valence-corrected chi connectivity index (χ1v) is 7.66. The highest BCUT2D eigenvalue weighted by Gasteiger charge is 2.42. The van der Waals surface area contributed by atoms with Crippen LogP contribution < -0.4 is 4.90 Å². The van der Waals surface area contributed by atoms with Crippen LogP contribution in [0.4, 0.5) is 5.82 Å². The van der Waals surface area contributed by atoms with Gasteiger partial charge in [-0.05, 0) is 5.56 Å². The smallest absolute Gasteiger partial charge is 0.156 e. The summed E-state index contributed by atoms with van der Waals surface area (Å²) >= 11 is 0. The second-order valence-electron chi connectivity index (χ2n) is 5.92. The number of aliphatic hydroxyl groups is 2. The van der Waals surface area contributed by atoms with Crippen LogP contribution in [0, 0.1) is 0 Å². The van der Waals surface area contributed by atoms with Gasteiger partial charge in [0.1, 0.15) is 17.5 Å². The van der Waals surface area contributed by atoms with E-state index in [0.717, 1.165) is 17.0 Å². The van der Waals surface area contributed by atoms with E-state index in [9.17, 15) is 10.2 Å². The average Bonchev–Trinajstić information content (AvgIpc) is 3.07. The van der Waals surface area contributed by atoms with Gasteiger partial charge in [0.15, 0.2) is 5.65 Å². The first kappa shape index (κ1) is 14.2. The minimum Gasteiger partial charge on any atom is -0.388 e. The van der Waals surface area contributed by atoms with Gasteiger partial charge in [0.2, 0.25) is 0 Å². The third kappa shape index (κ3) is 2.27. The van der Waals surface area contributed by atoms with E-state index in [-0.39, 0.29) is 0 Å². The number of aliphatic hydroxyl groups excluding tert-OH is 1. The molecule has 118 valence electrons. The number of β-amino-alcohol motifs (C(OH)–C–C–N with tert-alkyl or cyclic N) is 1. The number of rotatable bonds is 2. The van der Waals surface area contributed by atoms with Crippen LogP contribution in [0.2, 0.25) is 0 Å². The lowest BCUT2D eigenvalue weighted by atomic mass is 9.82. The summed E-state index contributed by atoms with van der Waals surface area (Å²) in [5.41, 5.74) is 0.306. The Morgan fingerprint density at radius 3 is 2.78 bits per heavy atom. The molecule has 3 aromatic rings. The minimum atomic E-state index is -1.21. The molecule has 2 atom stereocenters. The largest absolute Gasteiger partial charge is 0.388 e. The fourth-order valence-corrected chi connectivity index (χ4v) is 3.27. The number of hydrogen-bond donors (Lipinski definition) is 2. The van der Waals surface area contributed by atoms with Crippen LogP contribution in [0.15, 0.2) is 55.1 Å². The molecule has 6 heteroatoms. The molecule has 1 fully saturated rings. The summed E-state index contributed by atoms with van der Waals surface area (Å²) in [4.78, 5) is 10.5. The molecule has 0 saturated carbocycles. The Kier molecular flexibility index (Phi) is 3.28. The first-order chi connectivity index (χ1) is 11.2. The van der Waals surface area contributed by atoms with Crippen molar-refractivity contribution in [2.24, 2.45) is 0 Å². The number of hydrogen-bond acceptors (Lipinski definition) is 5. The van der Waals surface area contributed by atoms with Crippen molar-refractivity contribution in [2.75, 3.05) is 18.0 Å². The van der Waals surface area contributed by atoms with Crippen molar-refractivity contribution in [3.8, 4) is 0 Å². The molecule has 0 unspecified atom stereocenters. The van der Waals surface area contributed by atoms with Crippen LogP contribution in [0.1, 0.15) is 12.0 Å². The maximum absolute atomic E-state index is 10.9. The molecule has 0 aliphatic carbocycles. The Balaban J connectivity index is 1.64. The monoisotopic (exact) mass is 310 g/mol. The number of anilines is 1. The summed E-state index contributed by atoms with van der Waals surface area (Å²) < 4.78 is 1.94. The summed E-state index contributed by atoms with van der Waals surface area (Å²) in [6.07, 6.45) is 6.62. The third-order valence-corrected chi connectivity index (χ3v) is 4.60. The lowest BCUT2D eigenvalue weighted by Crippen LogP contribution is -2.54. The van der Waals surface area contributed by atoms with Gasteiger partial charge in [-0.25, -0.2) is 4.98 Å². The minimum absolute atomic E-state index is 0.338. The zero-order chi connectivity index (χ0) is 15.9. The van der Waals surface area contributed by atoms with Crippen LogP contribution in [-0.4, -0.2) is 43.8 Å². The molecule has 6 nitrogen and oxygen atoms in total. The van der Waals surface area contributed by atoms with Crippen molar-refractivity contribution in [1.29, 1.82) is 0 Å². The molecular formula is C17H18N4O2. The summed E-state index contributed by atoms with van der Waals surface area (Å²) in [6.45, 7) is 0.964. The van der Waals surface area contributed by atoms with Gasteiger partial charge in [0.05, 0.1) is 12.4 Å². The normalized spacial score (nSPS) is 25.0. The first-order valence-electron chi connectivity index (χ1n) is 7.66. The summed E-state index contributed by atoms with van der Waals surface area (Å²) in [6, 6.07) is 9.37. The molecule has 1 aliphatic heterocycles. The number of nitrogens with zero attached hydrogens (tertiary/aromatic N) is 4. The average molecular weight is 310 g/mol. The van der Waals surface area contributed by atoms with Gasteiger partial charge in [-0.2, -0.15) is 0 Å². The van der Waals surface area contributed by atoms with E-state index in [1.54, 1.807) is 18.6 Å². The molecule has 0 radical (unpaired) electrons. The van der Waals surface area contributed by atoms with E-state index in [4.69, 9.17) is 0 Å². The summed E-state index contributed by atoms with van der Waals surface area (Å²) in [5, 5.41) is 21.5. The molecule has 1 saturated heterocycles. The van der Waals surface area contributed by atoms with Gasteiger partial charge in [-0.15, -0.1) is 0 Å². The predicted molar refractivity (Wildman–Crippen MR) is 86.2 cm³/mol. The summed E-state index contributed by atoms with van der Waals surface area (Å²) in [5.74, 6) is 0.870. The number of benzene rings is 1. The molecule has 2 N–H and O–H groups in total. The molecule has 2 aromatic heterocycles. The lowest BCUT2D eigenvalue weighted by Gasteiger charge is -2.43. The number of imidazole rings is 1. The van der Waals surface area contributed by atoms with Crippen molar-refractivity contribution in [2.45, 2.75) is 18.1 Å². The van der Waals surface area contributed by atoms with Crippen molar-refractivity contribution in [3.63, 3.8) is 0 Å². The molecule has 23 heavy (non-hydrogen) atoms. The molecule has 0 bridgehead atoms. The van der Waals surface area contributed by atoms with E-state index in [0.29, 0.717) is 19.5 Å². The second kappa shape index (κ2) is 5.33. The quantitative estimate of drug-likeness (QED) is 0.744. The Morgan fingerprint density at radius 2 is 2.00 bits per heavy atom. The van der Waals surface area contributed by atoms with E-state index in [1.807, 2.05) is 45.8 Å². The maximum atomic E-state index is 10.9. The highest BCUT2D eigenvalue weighted by atomic mass is 16.3. The number of fused-ring (bicyclic) bond motifs is 1. The molecule has 0 amide bonds. The zero-order valence-electron chi connectivity index (χ0n) is 12.6. The highest BCUT2D eigenvalue weighted by Crippen LogP contribution is 2.34. The molecule has 3 heterocycles. The van der Waals surface area contributed by atoms with Gasteiger partial charge < -0.3 is 15.1 Å². The Labute approximate surface area is 133 Å². The van der Waals surface area contributed by atoms with Crippen molar-refractivity contribution in [1.82, 2.24) is 14.4 Å². The SMILES string of the molecule is O[C@H]1CN(c2cncc3nccn23)CC[C@]1(O)c1ccccc1. The van der Waals surface area contributed by atoms with Gasteiger partial charge in [0.25, 0.3) is 0 Å². The van der Waals surface area contributed by atoms with E-state index in [1.165, 1.54) is 0 Å². The zero-order valence-corrected chi connectivity index (χ0v) is 12.6. The van der Waals surface area contributed by atoms with Crippen LogP contribution >= 0.6 is 0 Å². The fraction of sp³-hybridized carbons (Fsp3) is 0.294. The second-order valence-corrected chi connectivity index (χ2v) is 5.92. The highest BCUT2D eigenvalue weighted by molar-refractivity contribution is 5.49. The van der Waals surface area contributed by atoms with Crippen LogP contribution in [0.25, 0.3) is 5.65 Å². The van der Waals surface area contributed by atoms with Gasteiger partial charge >= 0.3 is 0 Å². The molecular weight excluding hydrogens is 292 g/mol. The Hall–Kier alpha value is -2.44. The molecule has 0 spiro atoms. The van der Waals surface area contributed by atoms with Crippen LogP contribution in [-0.2, 0) is 5.60 Å². The summed E-state index contributed by atoms with van der Waals surface area (Å²) in [7, 11) is 0. The van der Waals surface area contributed by atoms with Crippen molar-refractivity contribution < 1.29 is 10.2 Å². The van der Waals surface area contributed by atoms with E-state index >= 15 is 0 Å². The maximum Gasteiger partial charge on any atom is 0.156 e. The van der Waals surface area contributed by atoms with Crippen molar-refractivity contribution in [3.05, 3.63) is 60.7 Å². The van der Waals surface area contributed by atoms with Crippen LogP contribution in [0.5, 0.6) is 0 Å². The van der Waals surface area contributed by atoms with Gasteiger partial charge in [0, 0.05) is 31.9 Å². The van der Waals surface area contributed by atoms with E-state index < -0.39 is 11.7 Å². The Morgan fingerprint density at radius 1 is 1.17 bits per heavy atom. The lowest BCUT2D eigenvalue weighted by molar-refractivity contribution is -0.0918. The standard InChI is InChI=1S/C17H18N4O2/c22-14-12-20(16-11-18-10-15-19-7-9-21(15)16)8-6-17(14,23)13-4-2-1-3-5-13/h1-5,7,9-11,14,22-23H,6,8,12H2/t14-,17-/m0/s1. The van der Waals surface area contributed by atoms with Gasteiger partial charge in [-0.1, -0.05) is 30.3 Å². The van der Waals surface area contributed by atoms with Gasteiger partial charge in [-0.3, -0.25) is 9.38 Å². The fourth-order valence-electron chi connectivity index (χ4n) is 3.27. The molecule has 4 rings (SSSR count). The topological polar surface area (TPSA) is 73.9 Å². The number of piperidine rings is 1. The van der Waals surface area contributed by atoms with E-state index in [2.05, 4.69) is 9.97 Å². The molecule has 1 aliphatic rings. The van der Waals surface area contributed by atoms with Crippen LogP contribution in [0.3, 0.4) is 0 Å². The Bertz CT molecular complexity index is 820. The number of aromatic nitrogens is 3. The third-order valence-electron chi connectivity index (χ3n) is 4.60. The predicted octanol–water partition coefficient (Wildman–Crippen LogP) is 1.19. The van der Waals surface area contributed by atoms with Crippen molar-refractivity contribution >= 4 is 11.5 Å².